The van der Waals surface area contributed by atoms with Gasteiger partial charge in [0.25, 0.3) is 0 Å². The molecule has 2 rings (SSSR count). The van der Waals surface area contributed by atoms with Crippen molar-refractivity contribution in [1.29, 1.82) is 0 Å². The standard InChI is InChI=1S/C12H12BrN5O2/c1-7-3-4-9(8(13)5-7)16-11-10(18(19)20)6-15-12(14-2)17-11/h3-6H,1-2H3,(H2,14,15,16,17). The highest BCUT2D eigenvalue weighted by Crippen LogP contribution is 2.30. The van der Waals surface area contributed by atoms with Crippen LogP contribution in [-0.2, 0) is 0 Å². The van der Waals surface area contributed by atoms with Gasteiger partial charge in [-0.1, -0.05) is 6.07 Å². The number of aromatic nitrogens is 2. The second kappa shape index (κ2) is 5.83. The van der Waals surface area contributed by atoms with Crippen LogP contribution in [0.25, 0.3) is 0 Å². The minimum absolute atomic E-state index is 0.138. The molecule has 0 spiro atoms. The van der Waals surface area contributed by atoms with E-state index in [1.165, 1.54) is 6.20 Å². The lowest BCUT2D eigenvalue weighted by Gasteiger charge is -2.09. The number of benzene rings is 1. The number of aryl methyl sites for hydroxylation is 1. The van der Waals surface area contributed by atoms with Crippen LogP contribution in [-0.4, -0.2) is 21.9 Å². The Morgan fingerprint density at radius 2 is 2.15 bits per heavy atom. The van der Waals surface area contributed by atoms with Gasteiger partial charge in [0.2, 0.25) is 11.8 Å². The van der Waals surface area contributed by atoms with Crippen LogP contribution in [0.5, 0.6) is 0 Å². The minimum atomic E-state index is -0.524. The molecular weight excluding hydrogens is 326 g/mol. The van der Waals surface area contributed by atoms with Crippen molar-refractivity contribution in [2.45, 2.75) is 6.92 Å². The molecule has 0 unspecified atom stereocenters. The van der Waals surface area contributed by atoms with Crippen molar-refractivity contribution >= 4 is 39.1 Å². The number of nitrogens with one attached hydrogen (secondary N) is 2. The topological polar surface area (TPSA) is 93.0 Å². The van der Waals surface area contributed by atoms with Gasteiger partial charge in [-0.3, -0.25) is 10.1 Å². The molecule has 0 fully saturated rings. The molecule has 0 amide bonds. The third kappa shape index (κ3) is 3.02. The Bertz CT molecular complexity index is 662. The monoisotopic (exact) mass is 337 g/mol. The molecule has 0 aliphatic rings. The maximum absolute atomic E-state index is 11.0. The zero-order chi connectivity index (χ0) is 14.7. The van der Waals surface area contributed by atoms with E-state index in [1.54, 1.807) is 7.05 Å². The highest BCUT2D eigenvalue weighted by molar-refractivity contribution is 9.10. The van der Waals surface area contributed by atoms with Crippen molar-refractivity contribution in [2.24, 2.45) is 0 Å². The molecule has 0 saturated heterocycles. The van der Waals surface area contributed by atoms with Crippen LogP contribution in [0.3, 0.4) is 0 Å². The summed E-state index contributed by atoms with van der Waals surface area (Å²) in [7, 11) is 1.65. The third-order valence-electron chi connectivity index (χ3n) is 2.57. The van der Waals surface area contributed by atoms with Gasteiger partial charge in [0.05, 0.1) is 10.6 Å². The summed E-state index contributed by atoms with van der Waals surface area (Å²) in [6.07, 6.45) is 1.17. The van der Waals surface area contributed by atoms with E-state index in [0.717, 1.165) is 10.0 Å². The molecule has 7 nitrogen and oxygen atoms in total. The van der Waals surface area contributed by atoms with Gasteiger partial charge in [-0.15, -0.1) is 0 Å². The maximum Gasteiger partial charge on any atom is 0.329 e. The SMILES string of the molecule is CNc1ncc([N+](=O)[O-])c(Nc2ccc(C)cc2Br)n1. The van der Waals surface area contributed by atoms with E-state index >= 15 is 0 Å². The van der Waals surface area contributed by atoms with Crippen LogP contribution in [0.2, 0.25) is 0 Å². The summed E-state index contributed by atoms with van der Waals surface area (Å²) in [5.41, 5.74) is 1.59. The first-order chi connectivity index (χ1) is 9.51. The van der Waals surface area contributed by atoms with Crippen molar-refractivity contribution in [3.05, 3.63) is 44.5 Å². The molecule has 0 aliphatic carbocycles. The molecule has 0 aliphatic heterocycles. The molecule has 2 N–H and O–H groups in total. The van der Waals surface area contributed by atoms with Gasteiger partial charge in [-0.25, -0.2) is 4.98 Å². The Morgan fingerprint density at radius 1 is 1.40 bits per heavy atom. The van der Waals surface area contributed by atoms with Crippen molar-refractivity contribution in [3.8, 4) is 0 Å². The van der Waals surface area contributed by atoms with E-state index in [0.29, 0.717) is 11.6 Å². The summed E-state index contributed by atoms with van der Waals surface area (Å²) < 4.78 is 0.802. The third-order valence-corrected chi connectivity index (χ3v) is 3.22. The van der Waals surface area contributed by atoms with Crippen molar-refractivity contribution < 1.29 is 4.92 Å². The van der Waals surface area contributed by atoms with Gasteiger partial charge in [0.15, 0.2) is 0 Å². The quantitative estimate of drug-likeness (QED) is 0.657. The molecule has 1 aromatic carbocycles. The van der Waals surface area contributed by atoms with E-state index in [-0.39, 0.29) is 11.5 Å². The zero-order valence-electron chi connectivity index (χ0n) is 10.8. The Labute approximate surface area is 123 Å². The predicted octanol–water partition coefficient (Wildman–Crippen LogP) is 3.24. The molecule has 1 heterocycles. The summed E-state index contributed by atoms with van der Waals surface area (Å²) in [5.74, 6) is 0.445. The van der Waals surface area contributed by atoms with E-state index in [2.05, 4.69) is 36.5 Å². The number of hydrogen-bond donors (Lipinski definition) is 2. The predicted molar refractivity (Wildman–Crippen MR) is 80.4 cm³/mol. The summed E-state index contributed by atoms with van der Waals surface area (Å²) in [6.45, 7) is 1.96. The first kappa shape index (κ1) is 14.2. The van der Waals surface area contributed by atoms with Gasteiger partial charge in [-0.2, -0.15) is 4.98 Å². The van der Waals surface area contributed by atoms with Crippen LogP contribution >= 0.6 is 15.9 Å². The van der Waals surface area contributed by atoms with Crippen LogP contribution < -0.4 is 10.6 Å². The average Bonchev–Trinajstić information content (AvgIpc) is 2.41. The fourth-order valence-corrected chi connectivity index (χ4v) is 2.16. The van der Waals surface area contributed by atoms with Crippen molar-refractivity contribution in [1.82, 2.24) is 9.97 Å². The van der Waals surface area contributed by atoms with Gasteiger partial charge in [0.1, 0.15) is 6.20 Å². The Balaban J connectivity index is 2.43. The number of hydrogen-bond acceptors (Lipinski definition) is 6. The Kier molecular flexibility index (Phi) is 4.14. The molecule has 104 valence electrons. The van der Waals surface area contributed by atoms with E-state index in [1.807, 2.05) is 25.1 Å². The van der Waals surface area contributed by atoms with Gasteiger partial charge >= 0.3 is 5.69 Å². The number of nitro groups is 1. The molecule has 2 aromatic rings. The highest BCUT2D eigenvalue weighted by Gasteiger charge is 2.18. The van der Waals surface area contributed by atoms with Crippen molar-refractivity contribution in [3.63, 3.8) is 0 Å². The smallest absolute Gasteiger partial charge is 0.329 e. The maximum atomic E-state index is 11.0. The normalized spacial score (nSPS) is 10.2. The minimum Gasteiger partial charge on any atom is -0.357 e. The number of rotatable bonds is 4. The van der Waals surface area contributed by atoms with Crippen LogP contribution in [0.1, 0.15) is 5.56 Å². The van der Waals surface area contributed by atoms with E-state index in [9.17, 15) is 10.1 Å². The molecule has 20 heavy (non-hydrogen) atoms. The highest BCUT2D eigenvalue weighted by atomic mass is 79.9. The Hall–Kier alpha value is -2.22. The van der Waals surface area contributed by atoms with E-state index in [4.69, 9.17) is 0 Å². The van der Waals surface area contributed by atoms with Crippen molar-refractivity contribution in [2.75, 3.05) is 17.7 Å². The largest absolute Gasteiger partial charge is 0.357 e. The fraction of sp³-hybridized carbons (Fsp3) is 0.167. The van der Waals surface area contributed by atoms with Crippen LogP contribution in [0, 0.1) is 17.0 Å². The van der Waals surface area contributed by atoms with E-state index < -0.39 is 4.92 Å². The summed E-state index contributed by atoms with van der Waals surface area (Å²) >= 11 is 3.41. The second-order valence-electron chi connectivity index (χ2n) is 4.04. The first-order valence-corrected chi connectivity index (χ1v) is 6.53. The van der Waals surface area contributed by atoms with Gasteiger partial charge in [-0.05, 0) is 40.5 Å². The number of nitrogens with zero attached hydrogens (tertiary/aromatic N) is 3. The molecule has 1 aromatic heterocycles. The zero-order valence-corrected chi connectivity index (χ0v) is 12.4. The van der Waals surface area contributed by atoms with Crippen LogP contribution in [0.4, 0.5) is 23.1 Å². The first-order valence-electron chi connectivity index (χ1n) is 5.73. The second-order valence-corrected chi connectivity index (χ2v) is 4.90. The molecule has 0 saturated carbocycles. The lowest BCUT2D eigenvalue weighted by atomic mass is 10.2. The molecule has 8 heteroatoms. The fourth-order valence-electron chi connectivity index (χ4n) is 1.57. The summed E-state index contributed by atoms with van der Waals surface area (Å²) in [4.78, 5) is 18.4. The number of halogens is 1. The lowest BCUT2D eigenvalue weighted by molar-refractivity contribution is -0.384. The van der Waals surface area contributed by atoms with Gasteiger partial charge < -0.3 is 10.6 Å². The van der Waals surface area contributed by atoms with Gasteiger partial charge in [0, 0.05) is 11.5 Å². The molecule has 0 bridgehead atoms. The molecule has 0 atom stereocenters. The summed E-state index contributed by atoms with van der Waals surface area (Å²) in [5, 5.41) is 16.7. The molecule has 0 radical (unpaired) electrons. The Morgan fingerprint density at radius 3 is 2.75 bits per heavy atom. The van der Waals surface area contributed by atoms with Crippen LogP contribution in [0.15, 0.2) is 28.9 Å². The molecular formula is C12H12BrN5O2. The lowest BCUT2D eigenvalue weighted by Crippen LogP contribution is -2.04. The number of anilines is 3. The summed E-state index contributed by atoms with van der Waals surface area (Å²) in [6, 6.07) is 5.64. The average molecular weight is 338 g/mol.